The van der Waals surface area contributed by atoms with Gasteiger partial charge in [0.15, 0.2) is 0 Å². The lowest BCUT2D eigenvalue weighted by Gasteiger charge is -2.40. The van der Waals surface area contributed by atoms with Gasteiger partial charge in [0.25, 0.3) is 5.56 Å². The normalized spacial score (nSPS) is 17.7. The molecule has 2 rings (SSSR count). The van der Waals surface area contributed by atoms with Crippen molar-refractivity contribution in [2.24, 2.45) is 0 Å². The fourth-order valence-electron chi connectivity index (χ4n) is 2.53. The number of anilines is 2. The van der Waals surface area contributed by atoms with Gasteiger partial charge in [0.05, 0.1) is 0 Å². The second-order valence-electron chi connectivity index (χ2n) is 7.16. The van der Waals surface area contributed by atoms with Crippen LogP contribution in [-0.2, 0) is 4.74 Å². The molecular formula is C15H25N5O3. The number of rotatable bonds is 2. The summed E-state index contributed by atoms with van der Waals surface area (Å²) in [5.41, 5.74) is 4.44. The van der Waals surface area contributed by atoms with Gasteiger partial charge in [0.2, 0.25) is 5.95 Å². The van der Waals surface area contributed by atoms with Gasteiger partial charge in [-0.2, -0.15) is 4.98 Å². The number of ether oxygens (including phenoxy) is 1. The third-order valence-corrected chi connectivity index (χ3v) is 3.74. The number of amides is 1. The smallest absolute Gasteiger partial charge is 0.408 e. The van der Waals surface area contributed by atoms with Crippen LogP contribution < -0.4 is 21.5 Å². The van der Waals surface area contributed by atoms with Gasteiger partial charge in [-0.25, -0.2) is 4.79 Å². The second kappa shape index (κ2) is 6.10. The van der Waals surface area contributed by atoms with Gasteiger partial charge in [0.1, 0.15) is 11.4 Å². The number of H-pyrrole nitrogens is 1. The van der Waals surface area contributed by atoms with Gasteiger partial charge in [0, 0.05) is 24.7 Å². The Hall–Kier alpha value is -2.25. The van der Waals surface area contributed by atoms with Crippen molar-refractivity contribution in [2.45, 2.75) is 51.7 Å². The van der Waals surface area contributed by atoms with Crippen LogP contribution in [0.25, 0.3) is 0 Å². The zero-order valence-corrected chi connectivity index (χ0v) is 14.1. The molecule has 1 saturated heterocycles. The molecule has 0 radical (unpaired) electrons. The van der Waals surface area contributed by atoms with Crippen LogP contribution in [0.3, 0.4) is 0 Å². The molecule has 1 aliphatic rings. The van der Waals surface area contributed by atoms with Crippen LogP contribution in [0.15, 0.2) is 10.9 Å². The number of alkyl carbamates (subject to hydrolysis) is 1. The van der Waals surface area contributed by atoms with E-state index in [2.05, 4.69) is 15.3 Å². The SMILES string of the molecule is CC1(NC(=O)OC(C)(C)C)CCN(c2cc(=O)[nH]c(N)n2)CC1. The van der Waals surface area contributed by atoms with Gasteiger partial charge in [-0.1, -0.05) is 0 Å². The second-order valence-corrected chi connectivity index (χ2v) is 7.16. The minimum atomic E-state index is -0.520. The van der Waals surface area contributed by atoms with E-state index in [1.54, 1.807) is 0 Å². The molecule has 1 aliphatic heterocycles. The Balaban J connectivity index is 1.97. The van der Waals surface area contributed by atoms with Crippen LogP contribution in [0.5, 0.6) is 0 Å². The molecule has 0 saturated carbocycles. The number of nitrogen functional groups attached to an aromatic ring is 1. The van der Waals surface area contributed by atoms with Gasteiger partial charge in [-0.15, -0.1) is 0 Å². The van der Waals surface area contributed by atoms with Crippen molar-refractivity contribution in [1.29, 1.82) is 0 Å². The highest BCUT2D eigenvalue weighted by Gasteiger charge is 2.33. The Morgan fingerprint density at radius 1 is 1.43 bits per heavy atom. The van der Waals surface area contributed by atoms with E-state index in [1.807, 2.05) is 32.6 Å². The molecule has 1 aromatic rings. The molecule has 0 bridgehead atoms. The number of hydrogen-bond donors (Lipinski definition) is 3. The molecule has 0 unspecified atom stereocenters. The van der Waals surface area contributed by atoms with E-state index in [9.17, 15) is 9.59 Å². The first kappa shape index (κ1) is 17.1. The number of hydrogen-bond acceptors (Lipinski definition) is 6. The van der Waals surface area contributed by atoms with Crippen LogP contribution in [-0.4, -0.2) is 40.3 Å². The van der Waals surface area contributed by atoms with E-state index in [4.69, 9.17) is 10.5 Å². The molecule has 8 heteroatoms. The topological polar surface area (TPSA) is 113 Å². The molecule has 1 fully saturated rings. The summed E-state index contributed by atoms with van der Waals surface area (Å²) in [6.45, 7) is 8.83. The van der Waals surface area contributed by atoms with Crippen molar-refractivity contribution in [2.75, 3.05) is 23.7 Å². The number of carbonyl (C=O) groups is 1. The molecule has 1 amide bonds. The standard InChI is InChI=1S/C15H25N5O3/c1-14(2,3)23-13(22)19-15(4)5-7-20(8-6-15)10-9-11(21)18-12(16)17-10/h9H,5-8H2,1-4H3,(H,19,22)(H3,16,17,18,21). The molecule has 128 valence electrons. The largest absolute Gasteiger partial charge is 0.444 e. The number of nitrogens with one attached hydrogen (secondary N) is 2. The summed E-state index contributed by atoms with van der Waals surface area (Å²) in [5.74, 6) is 0.665. The fraction of sp³-hybridized carbons (Fsp3) is 0.667. The monoisotopic (exact) mass is 323 g/mol. The van der Waals surface area contributed by atoms with Crippen molar-refractivity contribution < 1.29 is 9.53 Å². The number of nitrogens with two attached hydrogens (primary N) is 1. The molecular weight excluding hydrogens is 298 g/mol. The van der Waals surface area contributed by atoms with Crippen molar-refractivity contribution in [1.82, 2.24) is 15.3 Å². The first-order valence-electron chi connectivity index (χ1n) is 7.69. The molecule has 4 N–H and O–H groups in total. The number of carbonyl (C=O) groups excluding carboxylic acids is 1. The van der Waals surface area contributed by atoms with E-state index in [0.717, 1.165) is 12.8 Å². The lowest BCUT2D eigenvalue weighted by Crippen LogP contribution is -2.54. The number of nitrogens with zero attached hydrogens (tertiary/aromatic N) is 2. The first-order valence-corrected chi connectivity index (χ1v) is 7.69. The molecule has 0 spiro atoms. The highest BCUT2D eigenvalue weighted by Crippen LogP contribution is 2.25. The lowest BCUT2D eigenvalue weighted by molar-refractivity contribution is 0.0448. The average Bonchev–Trinajstić information content (AvgIpc) is 2.35. The first-order chi connectivity index (χ1) is 10.6. The number of aromatic nitrogens is 2. The third kappa shape index (κ3) is 4.87. The Bertz CT molecular complexity index is 627. The Morgan fingerprint density at radius 3 is 2.57 bits per heavy atom. The van der Waals surface area contributed by atoms with Gasteiger partial charge in [-0.05, 0) is 40.5 Å². The number of piperidine rings is 1. The summed E-state index contributed by atoms with van der Waals surface area (Å²) >= 11 is 0. The molecule has 0 aromatic carbocycles. The van der Waals surface area contributed by atoms with Crippen molar-refractivity contribution >= 4 is 17.9 Å². The van der Waals surface area contributed by atoms with Crippen molar-refractivity contribution in [3.05, 3.63) is 16.4 Å². The molecule has 0 aliphatic carbocycles. The molecule has 0 atom stereocenters. The van der Waals surface area contributed by atoms with Crippen molar-refractivity contribution in [3.63, 3.8) is 0 Å². The molecule has 8 nitrogen and oxygen atoms in total. The summed E-state index contributed by atoms with van der Waals surface area (Å²) in [5, 5.41) is 2.95. The van der Waals surface area contributed by atoms with Crippen LogP contribution in [0.2, 0.25) is 0 Å². The average molecular weight is 323 g/mol. The molecule has 23 heavy (non-hydrogen) atoms. The maximum absolute atomic E-state index is 12.0. The molecule has 1 aromatic heterocycles. The van der Waals surface area contributed by atoms with Crippen molar-refractivity contribution in [3.8, 4) is 0 Å². The van der Waals surface area contributed by atoms with E-state index in [1.165, 1.54) is 6.07 Å². The van der Waals surface area contributed by atoms with E-state index in [-0.39, 0.29) is 17.0 Å². The van der Waals surface area contributed by atoms with Gasteiger partial charge in [-0.3, -0.25) is 9.78 Å². The summed E-state index contributed by atoms with van der Waals surface area (Å²) < 4.78 is 5.31. The van der Waals surface area contributed by atoms with E-state index < -0.39 is 11.7 Å². The minimum absolute atomic E-state index is 0.104. The maximum Gasteiger partial charge on any atom is 0.408 e. The summed E-state index contributed by atoms with van der Waals surface area (Å²) in [7, 11) is 0. The zero-order chi connectivity index (χ0) is 17.3. The zero-order valence-electron chi connectivity index (χ0n) is 14.1. The van der Waals surface area contributed by atoms with E-state index in [0.29, 0.717) is 18.9 Å². The Kier molecular flexibility index (Phi) is 4.53. The number of aromatic amines is 1. The highest BCUT2D eigenvalue weighted by molar-refractivity contribution is 5.68. The van der Waals surface area contributed by atoms with Crippen LogP contribution >= 0.6 is 0 Å². The van der Waals surface area contributed by atoms with E-state index >= 15 is 0 Å². The quantitative estimate of drug-likeness (QED) is 0.754. The molecule has 2 heterocycles. The Labute approximate surface area is 135 Å². The predicted molar refractivity (Wildman–Crippen MR) is 88.5 cm³/mol. The highest BCUT2D eigenvalue weighted by atomic mass is 16.6. The predicted octanol–water partition coefficient (Wildman–Crippen LogP) is 1.24. The minimum Gasteiger partial charge on any atom is -0.444 e. The Morgan fingerprint density at radius 2 is 2.04 bits per heavy atom. The van der Waals surface area contributed by atoms with Gasteiger partial charge < -0.3 is 20.7 Å². The third-order valence-electron chi connectivity index (χ3n) is 3.74. The summed E-state index contributed by atoms with van der Waals surface area (Å²) in [6, 6.07) is 1.43. The maximum atomic E-state index is 12.0. The lowest BCUT2D eigenvalue weighted by atomic mass is 9.90. The summed E-state index contributed by atoms with van der Waals surface area (Å²) in [6.07, 6.45) is 1.04. The van der Waals surface area contributed by atoms with Crippen LogP contribution in [0.4, 0.5) is 16.6 Å². The van der Waals surface area contributed by atoms with Crippen LogP contribution in [0, 0.1) is 0 Å². The van der Waals surface area contributed by atoms with Gasteiger partial charge >= 0.3 is 6.09 Å². The van der Waals surface area contributed by atoms with Crippen LogP contribution in [0.1, 0.15) is 40.5 Å². The summed E-state index contributed by atoms with van der Waals surface area (Å²) in [4.78, 5) is 32.0. The fourth-order valence-corrected chi connectivity index (χ4v) is 2.53.